The van der Waals surface area contributed by atoms with E-state index in [1.807, 2.05) is 11.0 Å². The Morgan fingerprint density at radius 2 is 1.75 bits per heavy atom. The van der Waals surface area contributed by atoms with Gasteiger partial charge in [-0.25, -0.2) is 4.39 Å². The second-order valence-electron chi connectivity index (χ2n) is 5.19. The van der Waals surface area contributed by atoms with Gasteiger partial charge in [0.25, 0.3) is 5.91 Å². The number of nitrogens with two attached hydrogens (primary N) is 1. The van der Waals surface area contributed by atoms with Crippen LogP contribution < -0.4 is 10.6 Å². The van der Waals surface area contributed by atoms with Crippen molar-refractivity contribution in [2.24, 2.45) is 0 Å². The minimum absolute atomic E-state index is 0. The average Bonchev–Trinajstić information content (AvgIpc) is 2.55. The van der Waals surface area contributed by atoms with E-state index in [1.54, 1.807) is 29.3 Å². The minimum Gasteiger partial charge on any atom is -0.398 e. The van der Waals surface area contributed by atoms with Crippen LogP contribution in [0.3, 0.4) is 0 Å². The first-order chi connectivity index (χ1) is 10.7. The summed E-state index contributed by atoms with van der Waals surface area (Å²) >= 11 is 0. The smallest absolute Gasteiger partial charge is 0.257 e. The molecule has 8 heteroatoms. The molecule has 1 saturated heterocycles. The Bertz CT molecular complexity index is 693. The predicted molar refractivity (Wildman–Crippen MR) is 97.7 cm³/mol. The van der Waals surface area contributed by atoms with Gasteiger partial charge < -0.3 is 15.5 Å². The van der Waals surface area contributed by atoms with E-state index in [0.29, 0.717) is 43.1 Å². The monoisotopic (exact) mass is 372 g/mol. The average molecular weight is 373 g/mol. The Labute approximate surface area is 152 Å². The van der Waals surface area contributed by atoms with Crippen molar-refractivity contribution in [2.45, 2.75) is 0 Å². The number of aromatic nitrogens is 1. The Morgan fingerprint density at radius 1 is 1.08 bits per heavy atom. The van der Waals surface area contributed by atoms with Gasteiger partial charge in [-0.15, -0.1) is 24.8 Å². The third-order valence-corrected chi connectivity index (χ3v) is 3.85. The van der Waals surface area contributed by atoms with Crippen LogP contribution in [-0.2, 0) is 0 Å². The summed E-state index contributed by atoms with van der Waals surface area (Å²) in [5.41, 5.74) is 7.24. The van der Waals surface area contributed by atoms with E-state index in [4.69, 9.17) is 5.73 Å². The lowest BCUT2D eigenvalue weighted by molar-refractivity contribution is 0.0747. The number of anilines is 2. The van der Waals surface area contributed by atoms with E-state index in [9.17, 15) is 9.18 Å². The van der Waals surface area contributed by atoms with Crippen LogP contribution in [0.25, 0.3) is 0 Å². The van der Waals surface area contributed by atoms with Gasteiger partial charge in [-0.2, -0.15) is 0 Å². The number of hydrogen-bond acceptors (Lipinski definition) is 4. The topological polar surface area (TPSA) is 62.5 Å². The third-order valence-electron chi connectivity index (χ3n) is 3.85. The molecule has 0 radical (unpaired) electrons. The Balaban J connectivity index is 0.00000144. The number of nitrogens with zero attached hydrogens (tertiary/aromatic N) is 3. The van der Waals surface area contributed by atoms with Gasteiger partial charge in [0.05, 0.1) is 11.3 Å². The van der Waals surface area contributed by atoms with Crippen LogP contribution in [0.1, 0.15) is 10.4 Å². The number of para-hydroxylation sites is 1. The van der Waals surface area contributed by atoms with E-state index < -0.39 is 0 Å². The van der Waals surface area contributed by atoms with Crippen molar-refractivity contribution in [3.8, 4) is 0 Å². The van der Waals surface area contributed by atoms with Crippen molar-refractivity contribution in [1.29, 1.82) is 0 Å². The predicted octanol–water partition coefficient (Wildman–Crippen LogP) is 2.61. The maximum Gasteiger partial charge on any atom is 0.257 e. The van der Waals surface area contributed by atoms with Crippen molar-refractivity contribution in [1.82, 2.24) is 9.88 Å². The van der Waals surface area contributed by atoms with Crippen LogP contribution in [0.2, 0.25) is 0 Å². The van der Waals surface area contributed by atoms with Crippen LogP contribution in [0.4, 0.5) is 15.8 Å². The van der Waals surface area contributed by atoms with Crippen molar-refractivity contribution >= 4 is 42.1 Å². The normalized spacial score (nSPS) is 13.7. The van der Waals surface area contributed by atoms with E-state index in [-0.39, 0.29) is 36.5 Å². The largest absolute Gasteiger partial charge is 0.398 e. The summed E-state index contributed by atoms with van der Waals surface area (Å²) in [6, 6.07) is 8.30. The molecule has 2 N–H and O–H groups in total. The molecule has 2 heterocycles. The second-order valence-corrected chi connectivity index (χ2v) is 5.19. The lowest BCUT2D eigenvalue weighted by Crippen LogP contribution is -2.49. The molecule has 0 aliphatic carbocycles. The molecule has 1 amide bonds. The van der Waals surface area contributed by atoms with Crippen molar-refractivity contribution in [3.63, 3.8) is 0 Å². The zero-order chi connectivity index (χ0) is 15.5. The molecule has 24 heavy (non-hydrogen) atoms. The van der Waals surface area contributed by atoms with Crippen molar-refractivity contribution in [2.75, 3.05) is 36.8 Å². The summed E-state index contributed by atoms with van der Waals surface area (Å²) in [6.45, 7) is 2.24. The number of rotatable bonds is 2. The summed E-state index contributed by atoms with van der Waals surface area (Å²) in [5.74, 6) is -0.363. The summed E-state index contributed by atoms with van der Waals surface area (Å²) in [7, 11) is 0. The molecule has 1 fully saturated rings. The molecule has 1 aromatic heterocycles. The number of piperazine rings is 1. The highest BCUT2D eigenvalue weighted by Gasteiger charge is 2.24. The van der Waals surface area contributed by atoms with Gasteiger partial charge in [0.1, 0.15) is 5.82 Å². The number of carbonyl (C=O) groups excluding carboxylic acids is 1. The lowest BCUT2D eigenvalue weighted by atomic mass is 10.2. The lowest BCUT2D eigenvalue weighted by Gasteiger charge is -2.36. The minimum atomic E-state index is -0.237. The van der Waals surface area contributed by atoms with E-state index in [1.165, 1.54) is 12.3 Å². The molecule has 1 aromatic carbocycles. The van der Waals surface area contributed by atoms with E-state index >= 15 is 0 Å². The van der Waals surface area contributed by atoms with Gasteiger partial charge in [-0.1, -0.05) is 12.1 Å². The first-order valence-electron chi connectivity index (χ1n) is 7.15. The summed E-state index contributed by atoms with van der Waals surface area (Å²) in [4.78, 5) is 20.1. The maximum atomic E-state index is 13.8. The Morgan fingerprint density at radius 3 is 2.38 bits per heavy atom. The molecule has 0 saturated carbocycles. The molecule has 0 unspecified atom stereocenters. The molecule has 1 aliphatic heterocycles. The standard InChI is InChI=1S/C16H17FN4O.2ClH/c17-13-3-1-2-4-15(13)20-7-9-21(10-8-20)16(22)12-11-19-6-5-14(12)18;;/h1-6,11H,7-10H2,(H2,18,19);2*1H. The number of carbonyl (C=O) groups is 1. The Kier molecular flexibility index (Phi) is 7.25. The summed E-state index contributed by atoms with van der Waals surface area (Å²) in [5, 5.41) is 0. The van der Waals surface area contributed by atoms with Crippen LogP contribution in [0, 0.1) is 5.82 Å². The van der Waals surface area contributed by atoms with Crippen molar-refractivity contribution in [3.05, 3.63) is 54.1 Å². The number of hydrogen-bond donors (Lipinski definition) is 1. The fourth-order valence-electron chi connectivity index (χ4n) is 2.61. The fourth-order valence-corrected chi connectivity index (χ4v) is 2.61. The molecule has 1 aliphatic rings. The second kappa shape index (κ2) is 8.70. The van der Waals surface area contributed by atoms with Crippen LogP contribution >= 0.6 is 24.8 Å². The number of benzene rings is 1. The number of halogens is 3. The summed E-state index contributed by atoms with van der Waals surface area (Å²) in [6.07, 6.45) is 3.04. The zero-order valence-corrected chi connectivity index (χ0v) is 14.5. The fraction of sp³-hybridized carbons (Fsp3) is 0.250. The van der Waals surface area contributed by atoms with Crippen molar-refractivity contribution < 1.29 is 9.18 Å². The molecule has 5 nitrogen and oxygen atoms in total. The highest BCUT2D eigenvalue weighted by molar-refractivity contribution is 5.98. The molecule has 130 valence electrons. The SMILES string of the molecule is Cl.Cl.Nc1ccncc1C(=O)N1CCN(c2ccccc2F)CC1. The molecule has 0 atom stereocenters. The zero-order valence-electron chi connectivity index (χ0n) is 12.9. The number of amides is 1. The van der Waals surface area contributed by atoms with Gasteiger partial charge in [-0.3, -0.25) is 9.78 Å². The maximum absolute atomic E-state index is 13.8. The Hall–Kier alpha value is -2.05. The van der Waals surface area contributed by atoms with Crippen LogP contribution in [0.5, 0.6) is 0 Å². The molecule has 0 spiro atoms. The number of nitrogen functional groups attached to an aromatic ring is 1. The number of pyridine rings is 1. The van der Waals surface area contributed by atoms with Gasteiger partial charge in [-0.05, 0) is 18.2 Å². The quantitative estimate of drug-likeness (QED) is 0.879. The molecule has 3 rings (SSSR count). The third kappa shape index (κ3) is 4.07. The van der Waals surface area contributed by atoms with Gasteiger partial charge >= 0.3 is 0 Å². The molecular formula is C16H19Cl2FN4O. The van der Waals surface area contributed by atoms with E-state index in [2.05, 4.69) is 4.98 Å². The van der Waals surface area contributed by atoms with Gasteiger partial charge in [0, 0.05) is 44.3 Å². The first kappa shape index (κ1) is 20.0. The van der Waals surface area contributed by atoms with Gasteiger partial charge in [0.2, 0.25) is 0 Å². The highest BCUT2D eigenvalue weighted by Crippen LogP contribution is 2.21. The first-order valence-corrected chi connectivity index (χ1v) is 7.15. The highest BCUT2D eigenvalue weighted by atomic mass is 35.5. The molecule has 2 aromatic rings. The molecular weight excluding hydrogens is 354 g/mol. The van der Waals surface area contributed by atoms with Gasteiger partial charge in [0.15, 0.2) is 0 Å². The molecule has 0 bridgehead atoms. The van der Waals surface area contributed by atoms with Crippen LogP contribution in [-0.4, -0.2) is 42.0 Å². The van der Waals surface area contributed by atoms with E-state index in [0.717, 1.165) is 0 Å². The van der Waals surface area contributed by atoms with Crippen LogP contribution in [0.15, 0.2) is 42.7 Å². The summed E-state index contributed by atoms with van der Waals surface area (Å²) < 4.78 is 13.8.